The van der Waals surface area contributed by atoms with Gasteiger partial charge in [0.25, 0.3) is 0 Å². The minimum atomic E-state index is -1.61. The molecule has 3 N–H and O–H groups in total. The minimum Gasteiger partial charge on any atom is -0.330 e. The summed E-state index contributed by atoms with van der Waals surface area (Å²) in [7, 11) is 1.72. The number of nitrogens with one attached hydrogen (secondary N) is 1. The van der Waals surface area contributed by atoms with E-state index in [2.05, 4.69) is 5.32 Å². The van der Waals surface area contributed by atoms with Gasteiger partial charge in [0.05, 0.1) is 12.2 Å². The molecular formula is C14H20F3N3O. The Labute approximate surface area is 122 Å². The molecule has 0 radical (unpaired) electrons. The number of carbonyl (C=O) groups excluding carboxylic acids is 1. The molecule has 0 heterocycles. The predicted octanol–water partition coefficient (Wildman–Crippen LogP) is 1.96. The smallest absolute Gasteiger partial charge is 0.238 e. The van der Waals surface area contributed by atoms with Crippen molar-refractivity contribution in [3.05, 3.63) is 29.6 Å². The summed E-state index contributed by atoms with van der Waals surface area (Å²) in [6.45, 7) is 4.92. The number of nitrogens with two attached hydrogens (primary N) is 1. The summed E-state index contributed by atoms with van der Waals surface area (Å²) in [5.74, 6) is -4.83. The highest BCUT2D eigenvalue weighted by atomic mass is 19.2. The van der Waals surface area contributed by atoms with Crippen LogP contribution in [0.2, 0.25) is 0 Å². The lowest BCUT2D eigenvalue weighted by atomic mass is 9.93. The molecule has 4 nitrogen and oxygen atoms in total. The number of rotatable bonds is 6. The predicted molar refractivity (Wildman–Crippen MR) is 75.3 cm³/mol. The largest absolute Gasteiger partial charge is 0.330 e. The number of anilines is 1. The molecule has 7 heteroatoms. The van der Waals surface area contributed by atoms with Crippen LogP contribution in [-0.2, 0) is 4.79 Å². The van der Waals surface area contributed by atoms with E-state index in [1.165, 1.54) is 0 Å². The second kappa shape index (κ2) is 6.91. The van der Waals surface area contributed by atoms with E-state index in [4.69, 9.17) is 5.73 Å². The van der Waals surface area contributed by atoms with Gasteiger partial charge in [-0.15, -0.1) is 0 Å². The van der Waals surface area contributed by atoms with Gasteiger partial charge in [0.1, 0.15) is 0 Å². The van der Waals surface area contributed by atoms with E-state index in [1.807, 2.05) is 13.8 Å². The molecule has 1 rings (SSSR count). The third-order valence-electron chi connectivity index (χ3n) is 2.97. The lowest BCUT2D eigenvalue weighted by Crippen LogP contribution is -2.40. The Hall–Kier alpha value is -1.60. The Morgan fingerprint density at radius 1 is 1.29 bits per heavy atom. The monoisotopic (exact) mass is 303 g/mol. The molecule has 118 valence electrons. The van der Waals surface area contributed by atoms with Crippen LogP contribution in [0.25, 0.3) is 0 Å². The summed E-state index contributed by atoms with van der Waals surface area (Å²) in [4.78, 5) is 13.5. The maximum Gasteiger partial charge on any atom is 0.238 e. The van der Waals surface area contributed by atoms with E-state index in [0.29, 0.717) is 13.1 Å². The number of carbonyl (C=O) groups is 1. The number of amides is 1. The second-order valence-corrected chi connectivity index (χ2v) is 5.81. The van der Waals surface area contributed by atoms with Crippen molar-refractivity contribution in [2.24, 2.45) is 11.1 Å². The topological polar surface area (TPSA) is 58.4 Å². The van der Waals surface area contributed by atoms with E-state index in [9.17, 15) is 18.0 Å². The summed E-state index contributed by atoms with van der Waals surface area (Å²) in [6.07, 6.45) is 0. The van der Waals surface area contributed by atoms with Gasteiger partial charge in [0, 0.05) is 6.54 Å². The van der Waals surface area contributed by atoms with Crippen molar-refractivity contribution in [3.63, 3.8) is 0 Å². The number of hydrogen-bond acceptors (Lipinski definition) is 3. The molecule has 21 heavy (non-hydrogen) atoms. The van der Waals surface area contributed by atoms with Crippen LogP contribution in [-0.4, -0.2) is 37.5 Å². The molecule has 0 fully saturated rings. The first-order valence-corrected chi connectivity index (χ1v) is 6.48. The molecule has 0 aliphatic heterocycles. The van der Waals surface area contributed by atoms with Crippen molar-refractivity contribution in [1.82, 2.24) is 4.90 Å². The van der Waals surface area contributed by atoms with Gasteiger partial charge in [-0.25, -0.2) is 13.2 Å². The highest BCUT2D eigenvalue weighted by Gasteiger charge is 2.20. The molecule has 0 atom stereocenters. The van der Waals surface area contributed by atoms with Crippen LogP contribution < -0.4 is 11.1 Å². The molecule has 0 aromatic heterocycles. The Bertz CT molecular complexity index is 520. The number of benzene rings is 1. The second-order valence-electron chi connectivity index (χ2n) is 5.81. The fourth-order valence-electron chi connectivity index (χ4n) is 1.91. The molecule has 1 amide bonds. The molecule has 0 saturated carbocycles. The molecule has 1 aromatic rings. The first-order valence-electron chi connectivity index (χ1n) is 6.48. The van der Waals surface area contributed by atoms with E-state index in [1.54, 1.807) is 11.9 Å². The summed E-state index contributed by atoms with van der Waals surface area (Å²) in [5, 5.41) is 2.22. The minimum absolute atomic E-state index is 0.0120. The van der Waals surface area contributed by atoms with Gasteiger partial charge < -0.3 is 11.1 Å². The normalized spacial score (nSPS) is 11.8. The van der Waals surface area contributed by atoms with Crippen molar-refractivity contribution in [3.8, 4) is 0 Å². The fourth-order valence-corrected chi connectivity index (χ4v) is 1.91. The number of hydrogen-bond donors (Lipinski definition) is 2. The highest BCUT2D eigenvalue weighted by molar-refractivity contribution is 5.92. The van der Waals surface area contributed by atoms with Gasteiger partial charge >= 0.3 is 0 Å². The van der Waals surface area contributed by atoms with Crippen molar-refractivity contribution in [1.29, 1.82) is 0 Å². The van der Waals surface area contributed by atoms with Crippen LogP contribution in [0.15, 0.2) is 12.1 Å². The van der Waals surface area contributed by atoms with Gasteiger partial charge in [-0.3, -0.25) is 9.69 Å². The molecule has 0 unspecified atom stereocenters. The van der Waals surface area contributed by atoms with Crippen LogP contribution in [0.5, 0.6) is 0 Å². The average Bonchev–Trinajstić information content (AvgIpc) is 2.38. The first kappa shape index (κ1) is 17.5. The standard InChI is InChI=1S/C14H20F3N3O/c1-14(2,7-18)8-20(3)6-11(21)19-10-5-4-9(15)12(16)13(10)17/h4-5H,6-8,18H2,1-3H3,(H,19,21). The van der Waals surface area contributed by atoms with Crippen LogP contribution in [0, 0.1) is 22.9 Å². The van der Waals surface area contributed by atoms with E-state index >= 15 is 0 Å². The van der Waals surface area contributed by atoms with Crippen molar-refractivity contribution < 1.29 is 18.0 Å². The quantitative estimate of drug-likeness (QED) is 0.790. The first-order chi connectivity index (χ1) is 9.66. The zero-order chi connectivity index (χ0) is 16.2. The molecule has 0 aliphatic rings. The van der Waals surface area contributed by atoms with Crippen LogP contribution >= 0.6 is 0 Å². The molecule has 0 bridgehead atoms. The molecule has 0 aliphatic carbocycles. The average molecular weight is 303 g/mol. The zero-order valence-electron chi connectivity index (χ0n) is 12.3. The van der Waals surface area contributed by atoms with Crippen LogP contribution in [0.1, 0.15) is 13.8 Å². The van der Waals surface area contributed by atoms with Crippen molar-refractivity contribution >= 4 is 11.6 Å². The lowest BCUT2D eigenvalue weighted by Gasteiger charge is -2.28. The summed E-state index contributed by atoms with van der Waals surface area (Å²) >= 11 is 0. The lowest BCUT2D eigenvalue weighted by molar-refractivity contribution is -0.117. The van der Waals surface area contributed by atoms with Crippen LogP contribution in [0.3, 0.4) is 0 Å². The highest BCUT2D eigenvalue weighted by Crippen LogP contribution is 2.19. The van der Waals surface area contributed by atoms with Gasteiger partial charge in [0.2, 0.25) is 5.91 Å². The van der Waals surface area contributed by atoms with Crippen molar-refractivity contribution in [2.75, 3.05) is 32.0 Å². The maximum absolute atomic E-state index is 13.4. The number of likely N-dealkylation sites (N-methyl/N-ethyl adjacent to an activating group) is 1. The molecule has 1 aromatic carbocycles. The fraction of sp³-hybridized carbons (Fsp3) is 0.500. The molecule has 0 spiro atoms. The summed E-state index contributed by atoms with van der Waals surface area (Å²) < 4.78 is 39.3. The summed E-state index contributed by atoms with van der Waals surface area (Å²) in [5.41, 5.74) is 5.06. The Kier molecular flexibility index (Phi) is 5.74. The third-order valence-corrected chi connectivity index (χ3v) is 2.97. The van der Waals surface area contributed by atoms with E-state index in [-0.39, 0.29) is 17.6 Å². The zero-order valence-corrected chi connectivity index (χ0v) is 12.3. The van der Waals surface area contributed by atoms with E-state index in [0.717, 1.165) is 12.1 Å². The molecule has 0 saturated heterocycles. The number of nitrogens with zero attached hydrogens (tertiary/aromatic N) is 1. The summed E-state index contributed by atoms with van der Waals surface area (Å²) in [6, 6.07) is 1.74. The van der Waals surface area contributed by atoms with Gasteiger partial charge in [-0.2, -0.15) is 0 Å². The SMILES string of the molecule is CN(CC(=O)Nc1ccc(F)c(F)c1F)CC(C)(C)CN. The van der Waals surface area contributed by atoms with E-state index < -0.39 is 23.4 Å². The van der Waals surface area contributed by atoms with Crippen LogP contribution in [0.4, 0.5) is 18.9 Å². The maximum atomic E-state index is 13.4. The Morgan fingerprint density at radius 2 is 1.90 bits per heavy atom. The van der Waals surface area contributed by atoms with Crippen molar-refractivity contribution in [2.45, 2.75) is 13.8 Å². The number of halogens is 3. The van der Waals surface area contributed by atoms with Gasteiger partial charge in [0.15, 0.2) is 17.5 Å². The third kappa shape index (κ3) is 5.02. The molecular weight excluding hydrogens is 283 g/mol. The Balaban J connectivity index is 2.64. The van der Waals surface area contributed by atoms with Gasteiger partial charge in [-0.1, -0.05) is 13.8 Å². The van der Waals surface area contributed by atoms with Gasteiger partial charge in [-0.05, 0) is 31.1 Å². The Morgan fingerprint density at radius 3 is 2.48 bits per heavy atom.